The van der Waals surface area contributed by atoms with E-state index >= 15 is 0 Å². The third-order valence-electron chi connectivity index (χ3n) is 7.51. The number of hydrogen-bond donors (Lipinski definition) is 6. The Morgan fingerprint density at radius 1 is 0.683 bits per heavy atom. The largest absolute Gasteiger partial charge is 0.438 e. The topological polar surface area (TPSA) is 241 Å². The van der Waals surface area contributed by atoms with Gasteiger partial charge in [-0.15, -0.1) is 15.7 Å². The zero-order valence-corrected chi connectivity index (χ0v) is 41.9. The van der Waals surface area contributed by atoms with Gasteiger partial charge in [-0.1, -0.05) is 141 Å². The zero-order valence-electron chi connectivity index (χ0n) is 38.7. The van der Waals surface area contributed by atoms with Crippen LogP contribution in [-0.2, 0) is 42.0 Å². The van der Waals surface area contributed by atoms with Gasteiger partial charge in [0, 0.05) is 48.9 Å². The summed E-state index contributed by atoms with van der Waals surface area (Å²) in [5, 5.41) is 17.1. The summed E-state index contributed by atoms with van der Waals surface area (Å²) in [7, 11) is 0. The number of rotatable bonds is 0. The predicted octanol–water partition coefficient (Wildman–Crippen LogP) is 8.01. The highest BCUT2D eigenvalue weighted by Crippen LogP contribution is 2.23. The van der Waals surface area contributed by atoms with Gasteiger partial charge in [0.2, 0.25) is 10.7 Å². The molecular weight excluding hydrogens is 847 g/mol. The average Bonchev–Trinajstić information content (AvgIpc) is 3.90. The van der Waals surface area contributed by atoms with Gasteiger partial charge in [0.15, 0.2) is 5.82 Å². The van der Waals surface area contributed by atoms with Crippen LogP contribution in [0.4, 0.5) is 0 Å². The van der Waals surface area contributed by atoms with E-state index in [-0.39, 0.29) is 43.3 Å². The fourth-order valence-corrected chi connectivity index (χ4v) is 6.23. The van der Waals surface area contributed by atoms with Crippen LogP contribution in [0, 0.1) is 22.5 Å². The van der Waals surface area contributed by atoms with Crippen LogP contribution in [0.15, 0.2) is 34.3 Å². The first-order chi connectivity index (χ1) is 27.0. The summed E-state index contributed by atoms with van der Waals surface area (Å²) in [6, 6.07) is 0. The highest BCUT2D eigenvalue weighted by Gasteiger charge is 2.26. The zero-order chi connectivity index (χ0) is 46.7. The molecule has 0 fully saturated rings. The van der Waals surface area contributed by atoms with Crippen molar-refractivity contribution < 1.29 is 17.8 Å². The molecule has 6 N–H and O–H groups in total. The van der Waals surface area contributed by atoms with Crippen LogP contribution in [-0.4, -0.2) is 63.6 Å². The lowest BCUT2D eigenvalue weighted by Gasteiger charge is -2.17. The Balaban J connectivity index is 0.000000360. The molecule has 0 bridgehead atoms. The first kappa shape index (κ1) is 54.1. The molecule has 6 rings (SSSR count). The van der Waals surface area contributed by atoms with Crippen molar-refractivity contribution in [3.63, 3.8) is 0 Å². The summed E-state index contributed by atoms with van der Waals surface area (Å²) in [5.41, 5.74) is 4.76. The van der Waals surface area contributed by atoms with Gasteiger partial charge in [-0.05, 0) is 19.1 Å². The van der Waals surface area contributed by atoms with E-state index in [1.807, 2.05) is 74.6 Å². The summed E-state index contributed by atoms with van der Waals surface area (Å²) in [4.78, 5) is 49.7. The Labute approximate surface area is 369 Å². The molecule has 2 aliphatic heterocycles. The summed E-state index contributed by atoms with van der Waals surface area (Å²) in [6.07, 6.45) is 0. The normalized spacial score (nSPS) is 15.4. The number of aryl methyl sites for hydroxylation is 1. The number of H-pyrrole nitrogens is 4. The fourth-order valence-electron chi connectivity index (χ4n) is 3.80. The summed E-state index contributed by atoms with van der Waals surface area (Å²) in [6.45, 7) is 39.1. The Morgan fingerprint density at radius 2 is 1.25 bits per heavy atom. The van der Waals surface area contributed by atoms with E-state index in [0.29, 0.717) is 23.0 Å². The SMILES string of the molecule is CC(C)(C)C1=NCC(=O)N1.CC(C)(C)C1=NS(=O)ON1.CC(C)(C)c1csc(=O)[nH]1.CC(C)(C)c1nc(=S)[nH][nH]1.CC(C)(C)c1noc(=O)[nH]1.Cc1nc(C(C)(C)C)cs1. The number of hydrogen-bond acceptors (Lipinski definition) is 14. The van der Waals surface area contributed by atoms with Gasteiger partial charge in [-0.2, -0.15) is 4.28 Å². The predicted molar refractivity (Wildman–Crippen MR) is 247 cm³/mol. The molecule has 60 heavy (non-hydrogen) atoms. The number of aliphatic imine (C=N–C) groups is 1. The second kappa shape index (κ2) is 21.7. The van der Waals surface area contributed by atoms with Gasteiger partial charge >= 0.3 is 21.9 Å². The Hall–Kier alpha value is -3.92. The lowest BCUT2D eigenvalue weighted by Crippen LogP contribution is -2.34. The van der Waals surface area contributed by atoms with Gasteiger partial charge < -0.3 is 10.3 Å². The van der Waals surface area contributed by atoms with Crippen molar-refractivity contribution >= 4 is 63.7 Å². The fraction of sp³-hybridized carbons (Fsp3) is 0.667. The van der Waals surface area contributed by atoms with Gasteiger partial charge in [0.25, 0.3) is 0 Å². The van der Waals surface area contributed by atoms with Crippen LogP contribution in [0.3, 0.4) is 0 Å². The van der Waals surface area contributed by atoms with E-state index in [1.165, 1.54) is 17.0 Å². The molecule has 0 spiro atoms. The van der Waals surface area contributed by atoms with Crippen molar-refractivity contribution in [1.29, 1.82) is 0 Å². The highest BCUT2D eigenvalue weighted by atomic mass is 32.2. The van der Waals surface area contributed by atoms with E-state index in [0.717, 1.165) is 22.4 Å². The molecule has 0 saturated carbocycles. The second-order valence-electron chi connectivity index (χ2n) is 19.8. The average molecular weight is 914 g/mol. The van der Waals surface area contributed by atoms with Crippen LogP contribution in [0.5, 0.6) is 0 Å². The van der Waals surface area contributed by atoms with Crippen LogP contribution < -0.4 is 21.4 Å². The minimum atomic E-state index is -1.52. The van der Waals surface area contributed by atoms with Gasteiger partial charge in [-0.25, -0.2) is 24.5 Å². The van der Waals surface area contributed by atoms with Gasteiger partial charge in [0.05, 0.1) is 10.7 Å². The molecule has 0 aliphatic carbocycles. The third kappa shape index (κ3) is 20.6. The van der Waals surface area contributed by atoms with E-state index in [4.69, 9.17) is 12.2 Å². The van der Waals surface area contributed by atoms with E-state index in [2.05, 4.69) is 132 Å². The van der Waals surface area contributed by atoms with Gasteiger partial charge in [0.1, 0.15) is 24.0 Å². The number of aromatic nitrogens is 7. The molecule has 6 heterocycles. The van der Waals surface area contributed by atoms with Gasteiger partial charge in [-0.3, -0.25) is 34.3 Å². The van der Waals surface area contributed by atoms with Crippen molar-refractivity contribution in [3.05, 3.63) is 63.8 Å². The van der Waals surface area contributed by atoms with Crippen LogP contribution in [0.2, 0.25) is 0 Å². The molecule has 1 amide bonds. The first-order valence-electron chi connectivity index (χ1n) is 19.1. The molecule has 0 radical (unpaired) electrons. The maximum Gasteiger partial charge on any atom is 0.438 e. The van der Waals surface area contributed by atoms with Crippen molar-refractivity contribution in [2.45, 2.75) is 153 Å². The molecule has 4 aromatic heterocycles. The molecule has 17 nitrogen and oxygen atoms in total. The van der Waals surface area contributed by atoms with E-state index < -0.39 is 17.0 Å². The number of carbonyl (C=O) groups is 1. The molecule has 2 aliphatic rings. The number of amides is 1. The highest BCUT2D eigenvalue weighted by molar-refractivity contribution is 7.79. The minimum absolute atomic E-state index is 0.00456. The smallest absolute Gasteiger partial charge is 0.316 e. The third-order valence-corrected chi connectivity index (χ3v) is 9.71. The number of aromatic amines is 4. The molecule has 21 heteroatoms. The number of nitrogens with one attached hydrogen (secondary N) is 6. The molecule has 1 atom stereocenters. The summed E-state index contributed by atoms with van der Waals surface area (Å²) >= 11 is 6.22. The molecule has 1 unspecified atom stereocenters. The van der Waals surface area contributed by atoms with Crippen LogP contribution >= 0.6 is 34.9 Å². The van der Waals surface area contributed by atoms with Crippen molar-refractivity contribution in [1.82, 2.24) is 46.1 Å². The van der Waals surface area contributed by atoms with Crippen molar-refractivity contribution in [3.8, 4) is 0 Å². The second-order valence-corrected chi connectivity index (χ2v) is 22.9. The number of thiazole rings is 2. The van der Waals surface area contributed by atoms with Crippen molar-refractivity contribution in [2.75, 3.05) is 6.54 Å². The molecular formula is C39H67N11O6S4. The van der Waals surface area contributed by atoms with Crippen LogP contribution in [0.25, 0.3) is 0 Å². The minimum Gasteiger partial charge on any atom is -0.316 e. The Bertz CT molecular complexity index is 2070. The maximum absolute atomic E-state index is 10.7. The molecule has 0 saturated heterocycles. The lowest BCUT2D eigenvalue weighted by atomic mass is 9.93. The van der Waals surface area contributed by atoms with E-state index in [9.17, 15) is 18.6 Å². The first-order valence-corrected chi connectivity index (χ1v) is 22.3. The molecule has 338 valence electrons. The summed E-state index contributed by atoms with van der Waals surface area (Å²) in [5.74, 6) is 2.42. The molecule has 4 aromatic rings. The standard InChI is InChI=1S/C8H13NS.C7H12N2O.C7H11NOS.C6H11N3S.C6H10N2O2.C5H10N2O2S/c1-6-9-7(5-10-6)8(2,3)4;1-7(2,3)6-8-4-5(10)9-6;1-7(2,3)5-4-10-6(9)8-5;1-6(2,3)4-7-5(10)9-8-4;1-6(2,3)4-7-5(9)10-8-4;1-5(2,3)4-6-9-10(8)7-4/h5H,1-4H3;4H2,1-3H3,(H,8,9,10);4H,1-3H3,(H,8,9);1-3H3,(H2,7,8,9,10);1-3H3,(H,7,8,9);1-3H3,(H,6,7). The van der Waals surface area contributed by atoms with E-state index in [1.54, 1.807) is 11.3 Å². The quantitative estimate of drug-likeness (QED) is 0.0923. The lowest BCUT2D eigenvalue weighted by molar-refractivity contribution is -0.117. The number of amidine groups is 2. The number of carbonyl (C=O) groups excluding carboxylic acids is 1. The number of nitrogens with zero attached hydrogens (tertiary/aromatic N) is 5. The van der Waals surface area contributed by atoms with Crippen molar-refractivity contribution in [2.24, 2.45) is 20.2 Å². The number of hydroxylamine groups is 1. The maximum atomic E-state index is 10.7. The Morgan fingerprint density at radius 3 is 1.45 bits per heavy atom. The molecule has 0 aromatic carbocycles. The van der Waals surface area contributed by atoms with Crippen LogP contribution in [0.1, 0.15) is 153 Å². The Kier molecular flexibility index (Phi) is 19.6. The summed E-state index contributed by atoms with van der Waals surface area (Å²) < 4.78 is 23.6. The monoisotopic (exact) mass is 913 g/mol.